The Labute approximate surface area is 111 Å². The lowest BCUT2D eigenvalue weighted by molar-refractivity contribution is -0.158. The van der Waals surface area contributed by atoms with E-state index in [1.807, 2.05) is 13.0 Å². The Morgan fingerprint density at radius 2 is 1.89 bits per heavy atom. The molecule has 0 aromatic rings. The summed E-state index contributed by atoms with van der Waals surface area (Å²) in [5.41, 5.74) is 2.45. The zero-order valence-corrected chi connectivity index (χ0v) is 12.2. The first-order valence-electron chi connectivity index (χ1n) is 6.90. The first-order chi connectivity index (χ1) is 8.44. The molecule has 18 heavy (non-hydrogen) atoms. The van der Waals surface area contributed by atoms with Crippen molar-refractivity contribution in [2.24, 2.45) is 5.41 Å². The number of ether oxygens (including phenoxy) is 1. The van der Waals surface area contributed by atoms with Gasteiger partial charge in [0.1, 0.15) is 6.61 Å². The number of hydrogen-bond acceptors (Lipinski definition) is 2. The van der Waals surface area contributed by atoms with Crippen LogP contribution in [0.5, 0.6) is 0 Å². The molecule has 1 saturated carbocycles. The van der Waals surface area contributed by atoms with Gasteiger partial charge in [-0.15, -0.1) is 0 Å². The molecular formula is C16H26O2. The van der Waals surface area contributed by atoms with Crippen LogP contribution < -0.4 is 0 Å². The van der Waals surface area contributed by atoms with Crippen LogP contribution in [0.2, 0.25) is 0 Å². The van der Waals surface area contributed by atoms with Gasteiger partial charge in [-0.3, -0.25) is 4.79 Å². The zero-order chi connectivity index (χ0) is 13.6. The van der Waals surface area contributed by atoms with E-state index in [1.54, 1.807) is 0 Å². The molecule has 0 spiro atoms. The summed E-state index contributed by atoms with van der Waals surface area (Å²) in [4.78, 5) is 11.8. The monoisotopic (exact) mass is 250 g/mol. The number of carbonyl (C=O) groups is 1. The van der Waals surface area contributed by atoms with Crippen molar-refractivity contribution in [1.29, 1.82) is 0 Å². The molecule has 2 nitrogen and oxygen atoms in total. The number of carbonyl (C=O) groups excluding carboxylic acids is 1. The molecule has 0 unspecified atom stereocenters. The molecule has 0 aliphatic heterocycles. The van der Waals surface area contributed by atoms with Gasteiger partial charge in [-0.1, -0.05) is 23.6 Å². The first kappa shape index (κ1) is 15.0. The van der Waals surface area contributed by atoms with Crippen molar-refractivity contribution >= 4 is 5.97 Å². The van der Waals surface area contributed by atoms with Gasteiger partial charge in [0, 0.05) is 0 Å². The number of esters is 1. The van der Waals surface area contributed by atoms with E-state index < -0.39 is 0 Å². The summed E-state index contributed by atoms with van der Waals surface area (Å²) in [5, 5.41) is 0. The fraction of sp³-hybridized carbons (Fsp3) is 0.688. The molecule has 0 atom stereocenters. The lowest BCUT2D eigenvalue weighted by Gasteiger charge is -2.35. The summed E-state index contributed by atoms with van der Waals surface area (Å²) < 4.78 is 5.32. The highest BCUT2D eigenvalue weighted by Gasteiger charge is 2.40. The molecule has 1 fully saturated rings. The molecule has 2 heteroatoms. The van der Waals surface area contributed by atoms with Crippen molar-refractivity contribution in [2.75, 3.05) is 6.61 Å². The summed E-state index contributed by atoms with van der Waals surface area (Å²) in [5.74, 6) is -0.0258. The second-order valence-electron chi connectivity index (χ2n) is 5.88. The third kappa shape index (κ3) is 4.67. The van der Waals surface area contributed by atoms with Crippen LogP contribution in [0.4, 0.5) is 0 Å². The van der Waals surface area contributed by atoms with E-state index in [0.717, 1.165) is 32.1 Å². The fourth-order valence-corrected chi connectivity index (χ4v) is 2.04. The van der Waals surface area contributed by atoms with Gasteiger partial charge in [0.05, 0.1) is 5.41 Å². The Hall–Kier alpha value is -1.05. The van der Waals surface area contributed by atoms with Gasteiger partial charge in [0.25, 0.3) is 0 Å². The van der Waals surface area contributed by atoms with E-state index in [0.29, 0.717) is 6.61 Å². The molecule has 1 aliphatic rings. The van der Waals surface area contributed by atoms with Crippen LogP contribution in [-0.4, -0.2) is 12.6 Å². The van der Waals surface area contributed by atoms with E-state index >= 15 is 0 Å². The van der Waals surface area contributed by atoms with Crippen LogP contribution in [0, 0.1) is 5.41 Å². The third-order valence-corrected chi connectivity index (χ3v) is 3.69. The molecule has 1 rings (SSSR count). The van der Waals surface area contributed by atoms with Crippen molar-refractivity contribution < 1.29 is 9.53 Å². The number of hydrogen-bond donors (Lipinski definition) is 0. The number of allylic oxidation sites excluding steroid dienone is 3. The molecular weight excluding hydrogens is 224 g/mol. The maximum absolute atomic E-state index is 11.8. The van der Waals surface area contributed by atoms with Crippen LogP contribution in [0.1, 0.15) is 59.8 Å². The second kappa shape index (κ2) is 6.77. The quantitative estimate of drug-likeness (QED) is 0.515. The summed E-state index contributed by atoms with van der Waals surface area (Å²) in [6, 6.07) is 0. The second-order valence-corrected chi connectivity index (χ2v) is 5.88. The highest BCUT2D eigenvalue weighted by Crippen LogP contribution is 2.41. The van der Waals surface area contributed by atoms with E-state index in [4.69, 9.17) is 4.74 Å². The average molecular weight is 250 g/mol. The van der Waals surface area contributed by atoms with Gasteiger partial charge >= 0.3 is 5.97 Å². The molecule has 102 valence electrons. The summed E-state index contributed by atoms with van der Waals surface area (Å²) in [6.07, 6.45) is 9.49. The van der Waals surface area contributed by atoms with Crippen molar-refractivity contribution in [3.05, 3.63) is 23.3 Å². The number of rotatable bonds is 6. The Kier molecular flexibility index (Phi) is 5.64. The minimum atomic E-state index is -0.191. The summed E-state index contributed by atoms with van der Waals surface area (Å²) in [6.45, 7) is 8.75. The minimum Gasteiger partial charge on any atom is -0.461 e. The van der Waals surface area contributed by atoms with Crippen LogP contribution in [0.15, 0.2) is 23.3 Å². The van der Waals surface area contributed by atoms with Gasteiger partial charge in [0.15, 0.2) is 0 Å². The molecule has 0 saturated heterocycles. The normalized spacial score (nSPS) is 17.9. The van der Waals surface area contributed by atoms with Gasteiger partial charge < -0.3 is 4.74 Å². The fourth-order valence-electron chi connectivity index (χ4n) is 2.04. The molecule has 1 aliphatic carbocycles. The maximum Gasteiger partial charge on any atom is 0.312 e. The predicted molar refractivity (Wildman–Crippen MR) is 75.3 cm³/mol. The summed E-state index contributed by atoms with van der Waals surface area (Å²) >= 11 is 0. The largest absolute Gasteiger partial charge is 0.461 e. The van der Waals surface area contributed by atoms with E-state index in [9.17, 15) is 4.79 Å². The Morgan fingerprint density at radius 3 is 2.39 bits per heavy atom. The van der Waals surface area contributed by atoms with Crippen molar-refractivity contribution in [1.82, 2.24) is 0 Å². The molecule has 0 amide bonds. The van der Waals surface area contributed by atoms with Crippen molar-refractivity contribution in [3.8, 4) is 0 Å². The van der Waals surface area contributed by atoms with E-state index in [2.05, 4.69) is 26.8 Å². The van der Waals surface area contributed by atoms with Crippen LogP contribution in [0.3, 0.4) is 0 Å². The predicted octanol–water partition coefficient (Wildman–Crippen LogP) is 4.41. The molecule has 0 heterocycles. The Balaban J connectivity index is 2.23. The maximum atomic E-state index is 11.8. The van der Waals surface area contributed by atoms with E-state index in [1.165, 1.54) is 11.1 Å². The first-order valence-corrected chi connectivity index (χ1v) is 6.90. The Bertz CT molecular complexity index is 342. The lowest BCUT2D eigenvalue weighted by Crippen LogP contribution is -2.36. The standard InChI is InChI=1S/C16H26O2/c1-13(2)7-5-8-14(3)9-12-18-15(17)16(4)10-6-11-16/h7,9H,5-6,8,10-12H2,1-4H3/b14-9-. The van der Waals surface area contributed by atoms with Crippen LogP contribution in [-0.2, 0) is 9.53 Å². The minimum absolute atomic E-state index is 0.0258. The van der Waals surface area contributed by atoms with Gasteiger partial charge in [-0.05, 0) is 59.5 Å². The zero-order valence-electron chi connectivity index (χ0n) is 12.2. The van der Waals surface area contributed by atoms with Crippen molar-refractivity contribution in [3.63, 3.8) is 0 Å². The third-order valence-electron chi connectivity index (χ3n) is 3.69. The smallest absolute Gasteiger partial charge is 0.312 e. The topological polar surface area (TPSA) is 26.3 Å². The Morgan fingerprint density at radius 1 is 1.22 bits per heavy atom. The van der Waals surface area contributed by atoms with Gasteiger partial charge in [-0.2, -0.15) is 0 Å². The highest BCUT2D eigenvalue weighted by atomic mass is 16.5. The molecule has 0 aromatic heterocycles. The van der Waals surface area contributed by atoms with Gasteiger partial charge in [-0.25, -0.2) is 0 Å². The lowest BCUT2D eigenvalue weighted by atomic mass is 9.70. The molecule has 0 radical (unpaired) electrons. The highest BCUT2D eigenvalue weighted by molar-refractivity contribution is 5.77. The van der Waals surface area contributed by atoms with Crippen molar-refractivity contribution in [2.45, 2.75) is 59.8 Å². The average Bonchev–Trinajstić information content (AvgIpc) is 2.25. The van der Waals surface area contributed by atoms with Crippen LogP contribution >= 0.6 is 0 Å². The molecule has 0 N–H and O–H groups in total. The molecule has 0 bridgehead atoms. The SMILES string of the molecule is CC(C)=CCC/C(C)=C\COC(=O)C1(C)CCC1. The van der Waals surface area contributed by atoms with Crippen LogP contribution in [0.25, 0.3) is 0 Å². The van der Waals surface area contributed by atoms with Gasteiger partial charge in [0.2, 0.25) is 0 Å². The molecule has 0 aromatic carbocycles. The van der Waals surface area contributed by atoms with E-state index in [-0.39, 0.29) is 11.4 Å². The summed E-state index contributed by atoms with van der Waals surface area (Å²) in [7, 11) is 0.